The van der Waals surface area contributed by atoms with Gasteiger partial charge in [0.2, 0.25) is 0 Å². The maximum Gasteiger partial charge on any atom is 0.131 e. The number of nitrogens with one attached hydrogen (secondary N) is 1. The number of hydrogen-bond donors (Lipinski definition) is 1. The summed E-state index contributed by atoms with van der Waals surface area (Å²) in [6.45, 7) is 3.73. The summed E-state index contributed by atoms with van der Waals surface area (Å²) in [6.07, 6.45) is 3.08. The first-order valence-electron chi connectivity index (χ1n) is 4.89. The minimum atomic E-state index is -0.259. The van der Waals surface area contributed by atoms with Crippen molar-refractivity contribution in [1.29, 1.82) is 0 Å². The molecule has 0 saturated carbocycles. The summed E-state index contributed by atoms with van der Waals surface area (Å²) in [5, 5.41) is 0. The molecule has 0 spiro atoms. The lowest BCUT2D eigenvalue weighted by Gasteiger charge is -2.08. The van der Waals surface area contributed by atoms with Crippen molar-refractivity contribution in [2.75, 3.05) is 0 Å². The van der Waals surface area contributed by atoms with Gasteiger partial charge in [-0.25, -0.2) is 9.37 Å². The lowest BCUT2D eigenvalue weighted by Crippen LogP contribution is -1.93. The Morgan fingerprint density at radius 3 is 2.69 bits per heavy atom. The first kappa shape index (κ1) is 11.0. The van der Waals surface area contributed by atoms with Crippen LogP contribution in [0.5, 0.6) is 0 Å². The molecule has 0 aliphatic carbocycles. The molecule has 1 N–H and O–H groups in total. The van der Waals surface area contributed by atoms with Crippen LogP contribution in [0.2, 0.25) is 0 Å². The van der Waals surface area contributed by atoms with Gasteiger partial charge in [-0.1, -0.05) is 18.3 Å². The van der Waals surface area contributed by atoms with Crippen LogP contribution >= 0.6 is 12.2 Å². The fourth-order valence-electron chi connectivity index (χ4n) is 1.78. The fraction of sp³-hybridized carbons (Fsp3) is 0.167. The Morgan fingerprint density at radius 2 is 2.06 bits per heavy atom. The molecule has 4 heteroatoms. The zero-order valence-electron chi connectivity index (χ0n) is 9.04. The molecule has 0 saturated heterocycles. The largest absolute Gasteiger partial charge is 0.337 e. The highest BCUT2D eigenvalue weighted by Gasteiger charge is 2.10. The topological polar surface area (TPSA) is 28.7 Å². The summed E-state index contributed by atoms with van der Waals surface area (Å²) < 4.78 is 14.4. The van der Waals surface area contributed by atoms with Gasteiger partial charge >= 0.3 is 0 Å². The van der Waals surface area contributed by atoms with Crippen LogP contribution in [-0.4, -0.2) is 9.97 Å². The average molecular weight is 234 g/mol. The predicted octanol–water partition coefficient (Wildman–Crippen LogP) is 3.56. The molecule has 1 heterocycles. The van der Waals surface area contributed by atoms with Gasteiger partial charge in [0, 0.05) is 17.3 Å². The molecule has 0 radical (unpaired) electrons. The molecule has 0 bridgehead atoms. The Bertz CT molecular complexity index is 567. The number of aryl methyl sites for hydroxylation is 2. The van der Waals surface area contributed by atoms with Crippen LogP contribution in [0.1, 0.15) is 11.1 Å². The number of aromatic nitrogens is 2. The van der Waals surface area contributed by atoms with E-state index in [1.54, 1.807) is 6.20 Å². The maximum atomic E-state index is 13.9. The van der Waals surface area contributed by atoms with Crippen LogP contribution in [0.3, 0.4) is 0 Å². The molecule has 2 aromatic rings. The van der Waals surface area contributed by atoms with Crippen molar-refractivity contribution >= 4 is 12.2 Å². The number of hydrogen-bond acceptors (Lipinski definition) is 2. The summed E-state index contributed by atoms with van der Waals surface area (Å²) in [4.78, 5) is 6.74. The first-order chi connectivity index (χ1) is 7.59. The van der Waals surface area contributed by atoms with Crippen LogP contribution in [0.4, 0.5) is 4.39 Å². The van der Waals surface area contributed by atoms with Crippen molar-refractivity contribution in [2.24, 2.45) is 0 Å². The summed E-state index contributed by atoms with van der Waals surface area (Å²) in [5.74, 6) is -0.259. The van der Waals surface area contributed by atoms with Gasteiger partial charge in [-0.2, -0.15) is 0 Å². The Kier molecular flexibility index (Phi) is 2.83. The van der Waals surface area contributed by atoms with E-state index >= 15 is 0 Å². The minimum Gasteiger partial charge on any atom is -0.337 e. The van der Waals surface area contributed by atoms with Crippen LogP contribution in [0.25, 0.3) is 11.1 Å². The number of benzene rings is 1. The van der Waals surface area contributed by atoms with Crippen molar-refractivity contribution in [3.05, 3.63) is 46.2 Å². The lowest BCUT2D eigenvalue weighted by molar-refractivity contribution is 0.629. The van der Waals surface area contributed by atoms with E-state index in [0.29, 0.717) is 15.8 Å². The Labute approximate surface area is 98.2 Å². The van der Waals surface area contributed by atoms with Gasteiger partial charge in [0.05, 0.1) is 6.33 Å². The Hall–Kier alpha value is -1.55. The third kappa shape index (κ3) is 1.88. The van der Waals surface area contributed by atoms with E-state index in [0.717, 1.165) is 11.1 Å². The molecule has 0 amide bonds. The molecule has 2 rings (SSSR count). The van der Waals surface area contributed by atoms with E-state index in [1.165, 1.54) is 12.4 Å². The van der Waals surface area contributed by atoms with Crippen LogP contribution in [-0.2, 0) is 0 Å². The van der Waals surface area contributed by atoms with Crippen molar-refractivity contribution < 1.29 is 4.39 Å². The van der Waals surface area contributed by atoms with Crippen molar-refractivity contribution in [1.82, 2.24) is 9.97 Å². The zero-order chi connectivity index (χ0) is 11.7. The lowest BCUT2D eigenvalue weighted by atomic mass is 10.0. The molecule has 0 fully saturated rings. The number of H-pyrrole nitrogens is 1. The molecule has 1 aromatic carbocycles. The molecule has 0 atom stereocenters. The molecule has 82 valence electrons. The first-order valence-corrected chi connectivity index (χ1v) is 5.30. The third-order valence-electron chi connectivity index (χ3n) is 2.42. The van der Waals surface area contributed by atoms with Gasteiger partial charge in [-0.15, -0.1) is 0 Å². The molecular weight excluding hydrogens is 223 g/mol. The second-order valence-electron chi connectivity index (χ2n) is 3.73. The average Bonchev–Trinajstić information content (AvgIpc) is 2.19. The van der Waals surface area contributed by atoms with Gasteiger partial charge < -0.3 is 4.98 Å². The van der Waals surface area contributed by atoms with E-state index < -0.39 is 0 Å². The molecule has 16 heavy (non-hydrogen) atoms. The van der Waals surface area contributed by atoms with E-state index in [-0.39, 0.29) is 5.82 Å². The van der Waals surface area contributed by atoms with E-state index in [1.807, 2.05) is 19.9 Å². The summed E-state index contributed by atoms with van der Waals surface area (Å²) in [5.41, 5.74) is 2.93. The molecule has 0 aliphatic heterocycles. The SMILES string of the molecule is Cc1cc(C)c(-c2cnc[nH]c2=S)c(F)c1. The highest BCUT2D eigenvalue weighted by Crippen LogP contribution is 2.27. The number of halogens is 1. The van der Waals surface area contributed by atoms with Crippen molar-refractivity contribution in [3.63, 3.8) is 0 Å². The number of nitrogens with zero attached hydrogens (tertiary/aromatic N) is 1. The van der Waals surface area contributed by atoms with Gasteiger partial charge in [0.15, 0.2) is 0 Å². The van der Waals surface area contributed by atoms with E-state index in [2.05, 4.69) is 9.97 Å². The standard InChI is InChI=1S/C12H11FN2S/c1-7-3-8(2)11(10(13)4-7)9-5-14-6-15-12(9)16/h3-6H,1-2H3,(H,14,15,16). The second kappa shape index (κ2) is 4.14. The normalized spacial score (nSPS) is 10.4. The van der Waals surface area contributed by atoms with Crippen LogP contribution in [0, 0.1) is 24.3 Å². The summed E-state index contributed by atoms with van der Waals surface area (Å²) in [7, 11) is 0. The Morgan fingerprint density at radius 1 is 1.31 bits per heavy atom. The summed E-state index contributed by atoms with van der Waals surface area (Å²) in [6, 6.07) is 3.43. The third-order valence-corrected chi connectivity index (χ3v) is 2.76. The van der Waals surface area contributed by atoms with Crippen molar-refractivity contribution in [2.45, 2.75) is 13.8 Å². The molecule has 2 nitrogen and oxygen atoms in total. The van der Waals surface area contributed by atoms with Gasteiger partial charge in [-0.05, 0) is 31.0 Å². The number of aromatic amines is 1. The molecule has 0 unspecified atom stereocenters. The van der Waals surface area contributed by atoms with Gasteiger partial charge in [-0.3, -0.25) is 0 Å². The predicted molar refractivity (Wildman–Crippen MR) is 64.3 cm³/mol. The molecular formula is C12H11FN2S. The van der Waals surface area contributed by atoms with Crippen molar-refractivity contribution in [3.8, 4) is 11.1 Å². The monoisotopic (exact) mass is 234 g/mol. The minimum absolute atomic E-state index is 0.259. The number of rotatable bonds is 1. The second-order valence-corrected chi connectivity index (χ2v) is 4.14. The quantitative estimate of drug-likeness (QED) is 0.764. The van der Waals surface area contributed by atoms with E-state index in [4.69, 9.17) is 12.2 Å². The fourth-order valence-corrected chi connectivity index (χ4v) is 1.99. The van der Waals surface area contributed by atoms with Crippen LogP contribution < -0.4 is 0 Å². The molecule has 1 aromatic heterocycles. The Balaban J connectivity index is 2.75. The highest BCUT2D eigenvalue weighted by molar-refractivity contribution is 7.71. The highest BCUT2D eigenvalue weighted by atomic mass is 32.1. The maximum absolute atomic E-state index is 13.9. The van der Waals surface area contributed by atoms with Gasteiger partial charge in [0.1, 0.15) is 10.5 Å². The zero-order valence-corrected chi connectivity index (χ0v) is 9.86. The van der Waals surface area contributed by atoms with Gasteiger partial charge in [0.25, 0.3) is 0 Å². The van der Waals surface area contributed by atoms with Crippen LogP contribution in [0.15, 0.2) is 24.7 Å². The molecule has 0 aliphatic rings. The van der Waals surface area contributed by atoms with E-state index in [9.17, 15) is 4.39 Å². The summed E-state index contributed by atoms with van der Waals surface area (Å²) >= 11 is 5.12. The smallest absolute Gasteiger partial charge is 0.131 e.